The van der Waals surface area contributed by atoms with Gasteiger partial charge in [0.25, 0.3) is 0 Å². The van der Waals surface area contributed by atoms with Gasteiger partial charge < -0.3 is 15.2 Å². The summed E-state index contributed by atoms with van der Waals surface area (Å²) in [5, 5.41) is 0. The van der Waals surface area contributed by atoms with Gasteiger partial charge in [-0.1, -0.05) is 6.07 Å². The van der Waals surface area contributed by atoms with Crippen molar-refractivity contribution in [2.24, 2.45) is 0 Å². The number of benzene rings is 1. The Morgan fingerprint density at radius 2 is 2.14 bits per heavy atom. The van der Waals surface area contributed by atoms with Crippen LogP contribution in [-0.2, 0) is 16.1 Å². The third-order valence-corrected chi connectivity index (χ3v) is 1.84. The Labute approximate surface area is 82.6 Å². The summed E-state index contributed by atoms with van der Waals surface area (Å²) in [6, 6.07) is 5.06. The molecule has 0 amide bonds. The van der Waals surface area contributed by atoms with Gasteiger partial charge >= 0.3 is 5.97 Å². The van der Waals surface area contributed by atoms with E-state index in [-0.39, 0.29) is 0 Å². The molecule has 4 heteroatoms. The van der Waals surface area contributed by atoms with Crippen LogP contribution in [0.4, 0.5) is 5.69 Å². The monoisotopic (exact) mass is 195 g/mol. The standard InChI is InChI=1S/C10H13NO3/c1-13-6-7-3-4-8(11)5-9(7)10(12)14-2/h3-5H,6,11H2,1-2H3. The summed E-state index contributed by atoms with van der Waals surface area (Å²) >= 11 is 0. The molecule has 0 spiro atoms. The Kier molecular flexibility index (Phi) is 3.48. The van der Waals surface area contributed by atoms with E-state index in [1.807, 2.05) is 0 Å². The Bertz CT molecular complexity index is 336. The lowest BCUT2D eigenvalue weighted by Gasteiger charge is -2.07. The summed E-state index contributed by atoms with van der Waals surface area (Å²) in [5.74, 6) is -0.399. The zero-order chi connectivity index (χ0) is 10.6. The SMILES string of the molecule is COCc1ccc(N)cc1C(=O)OC. The third-order valence-electron chi connectivity index (χ3n) is 1.84. The van der Waals surface area contributed by atoms with E-state index < -0.39 is 5.97 Å². The molecule has 1 rings (SSSR count). The Balaban J connectivity index is 3.08. The van der Waals surface area contributed by atoms with Crippen molar-refractivity contribution in [3.8, 4) is 0 Å². The highest BCUT2D eigenvalue weighted by atomic mass is 16.5. The van der Waals surface area contributed by atoms with E-state index in [4.69, 9.17) is 10.5 Å². The average molecular weight is 195 g/mol. The maximum atomic E-state index is 11.3. The van der Waals surface area contributed by atoms with E-state index >= 15 is 0 Å². The van der Waals surface area contributed by atoms with Crippen LogP contribution in [0.1, 0.15) is 15.9 Å². The van der Waals surface area contributed by atoms with Gasteiger partial charge in [0, 0.05) is 12.8 Å². The first-order chi connectivity index (χ1) is 6.69. The second-order valence-corrected chi connectivity index (χ2v) is 2.84. The van der Waals surface area contributed by atoms with Crippen molar-refractivity contribution in [2.45, 2.75) is 6.61 Å². The number of ether oxygens (including phenoxy) is 2. The summed E-state index contributed by atoms with van der Waals surface area (Å²) in [6.07, 6.45) is 0. The predicted molar refractivity (Wildman–Crippen MR) is 52.9 cm³/mol. The van der Waals surface area contributed by atoms with Gasteiger partial charge in [0.15, 0.2) is 0 Å². The van der Waals surface area contributed by atoms with Crippen LogP contribution in [0.5, 0.6) is 0 Å². The van der Waals surface area contributed by atoms with Gasteiger partial charge in [-0.3, -0.25) is 0 Å². The molecule has 0 unspecified atom stereocenters. The number of hydrogen-bond donors (Lipinski definition) is 1. The molecule has 0 aromatic heterocycles. The maximum Gasteiger partial charge on any atom is 0.338 e. The maximum absolute atomic E-state index is 11.3. The number of anilines is 1. The van der Waals surface area contributed by atoms with Crippen LogP contribution in [0, 0.1) is 0 Å². The van der Waals surface area contributed by atoms with E-state index in [0.717, 1.165) is 5.56 Å². The van der Waals surface area contributed by atoms with Crippen LogP contribution < -0.4 is 5.73 Å². The number of nitrogen functional groups attached to an aromatic ring is 1. The lowest BCUT2D eigenvalue weighted by molar-refractivity contribution is 0.0596. The van der Waals surface area contributed by atoms with Crippen LogP contribution in [0.25, 0.3) is 0 Å². The van der Waals surface area contributed by atoms with Gasteiger partial charge in [-0.15, -0.1) is 0 Å². The Hall–Kier alpha value is -1.55. The molecule has 76 valence electrons. The van der Waals surface area contributed by atoms with Gasteiger partial charge in [-0.05, 0) is 17.7 Å². The smallest absolute Gasteiger partial charge is 0.338 e. The average Bonchev–Trinajstić information content (AvgIpc) is 2.20. The van der Waals surface area contributed by atoms with E-state index in [1.54, 1.807) is 25.3 Å². The minimum absolute atomic E-state index is 0.366. The molecule has 0 radical (unpaired) electrons. The molecule has 0 atom stereocenters. The van der Waals surface area contributed by atoms with Crippen molar-refractivity contribution < 1.29 is 14.3 Å². The quantitative estimate of drug-likeness (QED) is 0.581. The normalized spacial score (nSPS) is 9.86. The molecule has 0 bridgehead atoms. The zero-order valence-corrected chi connectivity index (χ0v) is 8.24. The summed E-state index contributed by atoms with van der Waals surface area (Å²) in [5.41, 5.74) is 7.33. The van der Waals surface area contributed by atoms with Crippen LogP contribution in [-0.4, -0.2) is 20.2 Å². The van der Waals surface area contributed by atoms with Crippen molar-refractivity contribution in [1.82, 2.24) is 0 Å². The lowest BCUT2D eigenvalue weighted by Crippen LogP contribution is -2.07. The van der Waals surface area contributed by atoms with Crippen molar-refractivity contribution in [3.63, 3.8) is 0 Å². The first-order valence-corrected chi connectivity index (χ1v) is 4.14. The molecule has 1 aromatic carbocycles. The van der Waals surface area contributed by atoms with Gasteiger partial charge in [0.1, 0.15) is 0 Å². The fraction of sp³-hybridized carbons (Fsp3) is 0.300. The minimum Gasteiger partial charge on any atom is -0.465 e. The molecule has 0 saturated heterocycles. The van der Waals surface area contributed by atoms with Crippen LogP contribution in [0.15, 0.2) is 18.2 Å². The minimum atomic E-state index is -0.399. The number of hydrogen-bond acceptors (Lipinski definition) is 4. The Morgan fingerprint density at radius 1 is 1.43 bits per heavy atom. The number of methoxy groups -OCH3 is 2. The first kappa shape index (κ1) is 10.5. The number of esters is 1. The van der Waals surface area contributed by atoms with Crippen LogP contribution in [0.3, 0.4) is 0 Å². The predicted octanol–water partition coefficient (Wildman–Crippen LogP) is 1.20. The van der Waals surface area contributed by atoms with Crippen LogP contribution >= 0.6 is 0 Å². The molecule has 0 saturated carbocycles. The number of carbonyl (C=O) groups is 1. The second-order valence-electron chi connectivity index (χ2n) is 2.84. The summed E-state index contributed by atoms with van der Waals surface area (Å²) < 4.78 is 9.58. The lowest BCUT2D eigenvalue weighted by atomic mass is 10.1. The summed E-state index contributed by atoms with van der Waals surface area (Å²) in [7, 11) is 2.90. The molecule has 4 nitrogen and oxygen atoms in total. The molecule has 1 aromatic rings. The molecule has 0 heterocycles. The van der Waals surface area contributed by atoms with Gasteiger partial charge in [-0.25, -0.2) is 4.79 Å². The molecule has 0 aliphatic carbocycles. The van der Waals surface area contributed by atoms with Crippen molar-refractivity contribution >= 4 is 11.7 Å². The Morgan fingerprint density at radius 3 is 2.71 bits per heavy atom. The number of nitrogens with two attached hydrogens (primary N) is 1. The van der Waals surface area contributed by atoms with Crippen molar-refractivity contribution in [1.29, 1.82) is 0 Å². The molecule has 14 heavy (non-hydrogen) atoms. The first-order valence-electron chi connectivity index (χ1n) is 4.14. The fourth-order valence-corrected chi connectivity index (χ4v) is 1.18. The number of carbonyl (C=O) groups excluding carboxylic acids is 1. The third kappa shape index (κ3) is 2.23. The summed E-state index contributed by atoms with van der Waals surface area (Å²) in [4.78, 5) is 11.3. The van der Waals surface area contributed by atoms with Gasteiger partial charge in [-0.2, -0.15) is 0 Å². The molecular formula is C10H13NO3. The summed E-state index contributed by atoms with van der Waals surface area (Å²) in [6.45, 7) is 0.366. The molecule has 2 N–H and O–H groups in total. The number of rotatable bonds is 3. The van der Waals surface area contributed by atoms with Crippen LogP contribution in [0.2, 0.25) is 0 Å². The molecule has 0 fully saturated rings. The van der Waals surface area contributed by atoms with E-state index in [2.05, 4.69) is 4.74 Å². The highest BCUT2D eigenvalue weighted by Crippen LogP contribution is 2.15. The highest BCUT2D eigenvalue weighted by molar-refractivity contribution is 5.92. The zero-order valence-electron chi connectivity index (χ0n) is 8.24. The molecular weight excluding hydrogens is 182 g/mol. The van der Waals surface area contributed by atoms with Crippen molar-refractivity contribution in [3.05, 3.63) is 29.3 Å². The van der Waals surface area contributed by atoms with E-state index in [0.29, 0.717) is 17.9 Å². The second kappa shape index (κ2) is 4.62. The highest BCUT2D eigenvalue weighted by Gasteiger charge is 2.11. The molecule has 0 aliphatic rings. The molecule has 0 aliphatic heterocycles. The van der Waals surface area contributed by atoms with Gasteiger partial charge in [0.05, 0.1) is 19.3 Å². The van der Waals surface area contributed by atoms with Gasteiger partial charge in [0.2, 0.25) is 0 Å². The van der Waals surface area contributed by atoms with E-state index in [1.165, 1.54) is 7.11 Å². The van der Waals surface area contributed by atoms with Crippen molar-refractivity contribution in [2.75, 3.05) is 20.0 Å². The van der Waals surface area contributed by atoms with E-state index in [9.17, 15) is 4.79 Å². The largest absolute Gasteiger partial charge is 0.465 e. The topological polar surface area (TPSA) is 61.5 Å². The fourth-order valence-electron chi connectivity index (χ4n) is 1.18.